The van der Waals surface area contributed by atoms with Crippen LogP contribution in [0, 0.1) is 5.82 Å². The molecule has 24 heavy (non-hydrogen) atoms. The number of rotatable bonds is 4. The number of ether oxygens (including phenoxy) is 1. The van der Waals surface area contributed by atoms with Gasteiger partial charge in [-0.1, -0.05) is 0 Å². The Balaban J connectivity index is 2.05. The molecule has 1 aromatic carbocycles. The van der Waals surface area contributed by atoms with Crippen LogP contribution < -0.4 is 20.7 Å². The zero-order valence-corrected chi connectivity index (χ0v) is 13.4. The Morgan fingerprint density at radius 1 is 1.33 bits per heavy atom. The molecular formula is C17H19FN4O2. The van der Waals surface area contributed by atoms with E-state index in [9.17, 15) is 9.18 Å². The maximum atomic E-state index is 13.4. The van der Waals surface area contributed by atoms with E-state index < -0.39 is 11.7 Å². The van der Waals surface area contributed by atoms with E-state index in [0.29, 0.717) is 28.3 Å². The van der Waals surface area contributed by atoms with E-state index in [1.165, 1.54) is 19.2 Å². The number of aromatic nitrogens is 1. The number of pyridine rings is 1. The first-order valence-corrected chi connectivity index (χ1v) is 7.69. The molecule has 126 valence electrons. The van der Waals surface area contributed by atoms with Crippen LogP contribution in [0.4, 0.5) is 10.2 Å². The summed E-state index contributed by atoms with van der Waals surface area (Å²) in [6.07, 6.45) is 1.65. The number of methoxy groups -OCH3 is 1. The fraction of sp³-hybridized carbons (Fsp3) is 0.294. The lowest BCUT2D eigenvalue weighted by Crippen LogP contribution is -2.44. The first kappa shape index (κ1) is 16.2. The Bertz CT molecular complexity index is 760. The largest absolute Gasteiger partial charge is 0.496 e. The molecule has 0 unspecified atom stereocenters. The number of carbonyl (C=O) groups is 1. The van der Waals surface area contributed by atoms with Gasteiger partial charge in [-0.15, -0.1) is 0 Å². The maximum absolute atomic E-state index is 13.4. The van der Waals surface area contributed by atoms with Gasteiger partial charge in [-0.3, -0.25) is 4.79 Å². The number of nitrogens with one attached hydrogen (secondary N) is 1. The third kappa shape index (κ3) is 3.16. The van der Waals surface area contributed by atoms with Crippen molar-refractivity contribution in [2.45, 2.75) is 0 Å². The van der Waals surface area contributed by atoms with Gasteiger partial charge in [-0.25, -0.2) is 9.37 Å². The van der Waals surface area contributed by atoms with Crippen LogP contribution in [-0.2, 0) is 0 Å². The van der Waals surface area contributed by atoms with Crippen molar-refractivity contribution in [3.8, 4) is 16.9 Å². The molecule has 6 nitrogen and oxygen atoms in total. The van der Waals surface area contributed by atoms with Crippen LogP contribution >= 0.6 is 0 Å². The summed E-state index contributed by atoms with van der Waals surface area (Å²) in [7, 11) is 1.47. The van der Waals surface area contributed by atoms with Gasteiger partial charge in [0.25, 0.3) is 5.91 Å². The number of hydrogen-bond acceptors (Lipinski definition) is 5. The summed E-state index contributed by atoms with van der Waals surface area (Å²) in [5.41, 5.74) is 7.20. The molecule has 7 heteroatoms. The number of amides is 1. The number of benzene rings is 1. The smallest absolute Gasteiger partial charge is 0.252 e. The summed E-state index contributed by atoms with van der Waals surface area (Å²) in [6, 6.07) is 5.92. The lowest BCUT2D eigenvalue weighted by molar-refractivity contribution is 0.100. The van der Waals surface area contributed by atoms with Crippen LogP contribution in [0.15, 0.2) is 30.5 Å². The van der Waals surface area contributed by atoms with Crippen molar-refractivity contribution in [2.75, 3.05) is 38.2 Å². The topological polar surface area (TPSA) is 80.5 Å². The van der Waals surface area contributed by atoms with Crippen molar-refractivity contribution in [2.24, 2.45) is 5.73 Å². The van der Waals surface area contributed by atoms with Crippen LogP contribution in [0.2, 0.25) is 0 Å². The van der Waals surface area contributed by atoms with E-state index in [1.807, 2.05) is 4.90 Å². The molecule has 0 aliphatic carbocycles. The highest BCUT2D eigenvalue weighted by Crippen LogP contribution is 2.32. The predicted molar refractivity (Wildman–Crippen MR) is 89.8 cm³/mol. The molecule has 2 aromatic rings. The number of halogens is 1. The Labute approximate surface area is 139 Å². The Morgan fingerprint density at radius 3 is 2.75 bits per heavy atom. The van der Waals surface area contributed by atoms with Crippen LogP contribution in [-0.4, -0.2) is 44.2 Å². The van der Waals surface area contributed by atoms with Crippen molar-refractivity contribution < 1.29 is 13.9 Å². The molecule has 0 radical (unpaired) electrons. The fourth-order valence-corrected chi connectivity index (χ4v) is 2.82. The fourth-order valence-electron chi connectivity index (χ4n) is 2.82. The van der Waals surface area contributed by atoms with E-state index in [1.54, 1.807) is 18.3 Å². The Hall–Kier alpha value is -2.67. The monoisotopic (exact) mass is 330 g/mol. The summed E-state index contributed by atoms with van der Waals surface area (Å²) in [4.78, 5) is 18.4. The minimum absolute atomic E-state index is 0.348. The number of primary amides is 1. The molecule has 1 aromatic heterocycles. The summed E-state index contributed by atoms with van der Waals surface area (Å²) in [5.74, 6) is 0.0195. The molecule has 1 aliphatic rings. The van der Waals surface area contributed by atoms with Crippen molar-refractivity contribution in [1.82, 2.24) is 10.3 Å². The molecule has 0 bridgehead atoms. The van der Waals surface area contributed by atoms with Crippen molar-refractivity contribution in [3.05, 3.63) is 41.8 Å². The van der Waals surface area contributed by atoms with Crippen LogP contribution in [0.25, 0.3) is 11.1 Å². The molecule has 0 atom stereocenters. The van der Waals surface area contributed by atoms with Crippen LogP contribution in [0.1, 0.15) is 10.4 Å². The molecule has 2 heterocycles. The summed E-state index contributed by atoms with van der Waals surface area (Å²) >= 11 is 0. The highest BCUT2D eigenvalue weighted by Gasteiger charge is 2.20. The van der Waals surface area contributed by atoms with Gasteiger partial charge in [0.1, 0.15) is 17.4 Å². The van der Waals surface area contributed by atoms with Gasteiger partial charge in [-0.2, -0.15) is 0 Å². The number of hydrogen-bond donors (Lipinski definition) is 2. The van der Waals surface area contributed by atoms with Gasteiger partial charge < -0.3 is 20.7 Å². The van der Waals surface area contributed by atoms with E-state index in [2.05, 4.69) is 10.3 Å². The molecule has 0 spiro atoms. The lowest BCUT2D eigenvalue weighted by atomic mass is 10.0. The van der Waals surface area contributed by atoms with Gasteiger partial charge in [0.05, 0.1) is 12.7 Å². The zero-order chi connectivity index (χ0) is 17.1. The second-order valence-corrected chi connectivity index (χ2v) is 5.54. The second kappa shape index (κ2) is 6.84. The quantitative estimate of drug-likeness (QED) is 0.886. The molecule has 1 amide bonds. The molecule has 1 aliphatic heterocycles. The van der Waals surface area contributed by atoms with Gasteiger partial charge in [0.2, 0.25) is 0 Å². The first-order chi connectivity index (χ1) is 11.6. The lowest BCUT2D eigenvalue weighted by Gasteiger charge is -2.29. The highest BCUT2D eigenvalue weighted by atomic mass is 19.1. The zero-order valence-electron chi connectivity index (χ0n) is 13.4. The van der Waals surface area contributed by atoms with Crippen LogP contribution in [0.3, 0.4) is 0 Å². The van der Waals surface area contributed by atoms with Crippen molar-refractivity contribution in [3.63, 3.8) is 0 Å². The average Bonchev–Trinajstić information content (AvgIpc) is 2.61. The number of anilines is 1. The third-order valence-electron chi connectivity index (χ3n) is 4.02. The maximum Gasteiger partial charge on any atom is 0.252 e. The number of piperazine rings is 1. The normalized spacial score (nSPS) is 14.5. The van der Waals surface area contributed by atoms with Gasteiger partial charge >= 0.3 is 0 Å². The van der Waals surface area contributed by atoms with E-state index in [4.69, 9.17) is 10.5 Å². The number of nitrogens with zero attached hydrogens (tertiary/aromatic N) is 2. The summed E-state index contributed by atoms with van der Waals surface area (Å²) < 4.78 is 18.6. The van der Waals surface area contributed by atoms with Gasteiger partial charge in [0, 0.05) is 49.6 Å². The molecular weight excluding hydrogens is 311 g/mol. The second-order valence-electron chi connectivity index (χ2n) is 5.54. The van der Waals surface area contributed by atoms with Gasteiger partial charge in [0.15, 0.2) is 0 Å². The standard InChI is InChI=1S/C17H19FN4O2/c1-24-15-9-12(18)2-3-13(15)11-8-14(16(19)23)17(21-10-11)22-6-4-20-5-7-22/h2-3,8-10,20H,4-7H2,1H3,(H2,19,23). The van der Waals surface area contributed by atoms with Crippen molar-refractivity contribution >= 4 is 11.7 Å². The predicted octanol–water partition coefficient (Wildman–Crippen LogP) is 1.40. The summed E-state index contributed by atoms with van der Waals surface area (Å²) in [6.45, 7) is 3.17. The van der Waals surface area contributed by atoms with Gasteiger partial charge in [-0.05, 0) is 18.2 Å². The Kier molecular flexibility index (Phi) is 4.61. The minimum Gasteiger partial charge on any atom is -0.496 e. The average molecular weight is 330 g/mol. The highest BCUT2D eigenvalue weighted by molar-refractivity contribution is 5.99. The van der Waals surface area contributed by atoms with E-state index in [-0.39, 0.29) is 0 Å². The minimum atomic E-state index is -0.543. The molecule has 1 saturated heterocycles. The van der Waals surface area contributed by atoms with Crippen molar-refractivity contribution in [1.29, 1.82) is 0 Å². The van der Waals surface area contributed by atoms with Crippen LogP contribution in [0.5, 0.6) is 5.75 Å². The number of carbonyl (C=O) groups excluding carboxylic acids is 1. The Morgan fingerprint density at radius 2 is 2.08 bits per heavy atom. The molecule has 0 saturated carbocycles. The SMILES string of the molecule is COc1cc(F)ccc1-c1cnc(N2CCNCC2)c(C(N)=O)c1. The number of nitrogens with two attached hydrogens (primary N) is 1. The molecule has 1 fully saturated rings. The third-order valence-corrected chi connectivity index (χ3v) is 4.02. The molecule has 3 N–H and O–H groups in total. The molecule has 3 rings (SSSR count). The van der Waals surface area contributed by atoms with E-state index in [0.717, 1.165) is 26.2 Å². The first-order valence-electron chi connectivity index (χ1n) is 7.69. The summed E-state index contributed by atoms with van der Waals surface area (Å²) in [5, 5.41) is 3.25. The van der Waals surface area contributed by atoms with E-state index >= 15 is 0 Å².